The number of halogens is 1. The van der Waals surface area contributed by atoms with Crippen molar-refractivity contribution in [2.24, 2.45) is 5.73 Å². The Labute approximate surface area is 108 Å². The van der Waals surface area contributed by atoms with Crippen LogP contribution in [0.25, 0.3) is 0 Å². The van der Waals surface area contributed by atoms with Crippen LogP contribution in [0.4, 0.5) is 4.39 Å². The molecule has 0 amide bonds. The molecular weight excluding hydrogens is 229 g/mol. The van der Waals surface area contributed by atoms with E-state index in [2.05, 4.69) is 16.8 Å². The summed E-state index contributed by atoms with van der Waals surface area (Å²) >= 11 is 0. The van der Waals surface area contributed by atoms with E-state index in [9.17, 15) is 4.39 Å². The summed E-state index contributed by atoms with van der Waals surface area (Å²) in [6, 6.07) is 1.56. The second-order valence-corrected chi connectivity index (χ2v) is 5.16. The maximum absolute atomic E-state index is 13.2. The average Bonchev–Trinajstić information content (AvgIpc) is 2.86. The van der Waals surface area contributed by atoms with Crippen LogP contribution in [0.15, 0.2) is 18.5 Å². The summed E-state index contributed by atoms with van der Waals surface area (Å²) in [5.74, 6) is -0.267. The SMILES string of the molecule is CCN(Cc1cncc(F)c1)C1(CN)CCCC1. The summed E-state index contributed by atoms with van der Waals surface area (Å²) in [7, 11) is 0. The molecule has 18 heavy (non-hydrogen) atoms. The van der Waals surface area contributed by atoms with Crippen LogP contribution in [0.2, 0.25) is 0 Å². The first kappa shape index (κ1) is 13.4. The molecule has 1 aromatic rings. The van der Waals surface area contributed by atoms with Crippen molar-refractivity contribution < 1.29 is 4.39 Å². The molecule has 1 aliphatic carbocycles. The maximum Gasteiger partial charge on any atom is 0.141 e. The lowest BCUT2D eigenvalue weighted by atomic mass is 9.94. The molecule has 0 saturated heterocycles. The van der Waals surface area contributed by atoms with Crippen molar-refractivity contribution in [2.45, 2.75) is 44.7 Å². The van der Waals surface area contributed by atoms with Gasteiger partial charge < -0.3 is 5.73 Å². The number of pyridine rings is 1. The van der Waals surface area contributed by atoms with E-state index < -0.39 is 0 Å². The minimum absolute atomic E-state index is 0.112. The monoisotopic (exact) mass is 251 g/mol. The Bertz CT molecular complexity index is 388. The zero-order valence-electron chi connectivity index (χ0n) is 11.0. The quantitative estimate of drug-likeness (QED) is 0.873. The van der Waals surface area contributed by atoms with Crippen LogP contribution in [0.1, 0.15) is 38.2 Å². The molecule has 1 heterocycles. The molecular formula is C14H22FN3. The highest BCUT2D eigenvalue weighted by atomic mass is 19.1. The molecule has 3 nitrogen and oxygen atoms in total. The molecule has 1 aromatic heterocycles. The topological polar surface area (TPSA) is 42.2 Å². The van der Waals surface area contributed by atoms with E-state index in [4.69, 9.17) is 5.73 Å². The van der Waals surface area contributed by atoms with Gasteiger partial charge in [-0.3, -0.25) is 9.88 Å². The lowest BCUT2D eigenvalue weighted by molar-refractivity contribution is 0.0968. The van der Waals surface area contributed by atoms with Gasteiger partial charge >= 0.3 is 0 Å². The van der Waals surface area contributed by atoms with Crippen molar-refractivity contribution >= 4 is 0 Å². The van der Waals surface area contributed by atoms with Crippen molar-refractivity contribution in [1.29, 1.82) is 0 Å². The molecule has 1 fully saturated rings. The Balaban J connectivity index is 2.13. The van der Waals surface area contributed by atoms with Gasteiger partial charge in [-0.15, -0.1) is 0 Å². The first-order valence-corrected chi connectivity index (χ1v) is 6.75. The zero-order chi connectivity index (χ0) is 13.0. The number of rotatable bonds is 5. The van der Waals surface area contributed by atoms with E-state index in [-0.39, 0.29) is 11.4 Å². The molecule has 2 N–H and O–H groups in total. The van der Waals surface area contributed by atoms with E-state index in [0.29, 0.717) is 6.54 Å². The third kappa shape index (κ3) is 2.70. The minimum atomic E-state index is -0.267. The molecule has 0 unspecified atom stereocenters. The van der Waals surface area contributed by atoms with E-state index in [0.717, 1.165) is 31.5 Å². The molecule has 1 saturated carbocycles. The van der Waals surface area contributed by atoms with Gasteiger partial charge in [0.15, 0.2) is 0 Å². The summed E-state index contributed by atoms with van der Waals surface area (Å²) in [5, 5.41) is 0. The van der Waals surface area contributed by atoms with Crippen LogP contribution in [-0.2, 0) is 6.54 Å². The van der Waals surface area contributed by atoms with Gasteiger partial charge in [-0.2, -0.15) is 0 Å². The van der Waals surface area contributed by atoms with E-state index >= 15 is 0 Å². The Morgan fingerprint density at radius 2 is 2.11 bits per heavy atom. The van der Waals surface area contributed by atoms with Gasteiger partial charge in [-0.05, 0) is 31.0 Å². The second-order valence-electron chi connectivity index (χ2n) is 5.16. The number of nitrogens with zero attached hydrogens (tertiary/aromatic N) is 2. The van der Waals surface area contributed by atoms with Crippen molar-refractivity contribution in [3.05, 3.63) is 29.8 Å². The third-order valence-electron chi connectivity index (χ3n) is 4.10. The van der Waals surface area contributed by atoms with Crippen LogP contribution in [0.3, 0.4) is 0 Å². The van der Waals surface area contributed by atoms with Gasteiger partial charge in [0, 0.05) is 24.8 Å². The van der Waals surface area contributed by atoms with Crippen molar-refractivity contribution in [1.82, 2.24) is 9.88 Å². The molecule has 0 atom stereocenters. The Morgan fingerprint density at radius 3 is 2.67 bits per heavy atom. The highest BCUT2D eigenvalue weighted by molar-refractivity contribution is 5.11. The fourth-order valence-corrected chi connectivity index (χ4v) is 3.06. The predicted molar refractivity (Wildman–Crippen MR) is 70.5 cm³/mol. The first-order chi connectivity index (χ1) is 8.70. The maximum atomic E-state index is 13.2. The Kier molecular flexibility index (Phi) is 4.30. The summed E-state index contributed by atoms with van der Waals surface area (Å²) in [5.41, 5.74) is 7.04. The second kappa shape index (κ2) is 5.76. The molecule has 0 aromatic carbocycles. The molecule has 0 radical (unpaired) electrons. The third-order valence-corrected chi connectivity index (χ3v) is 4.10. The normalized spacial score (nSPS) is 18.4. The van der Waals surface area contributed by atoms with Gasteiger partial charge in [0.1, 0.15) is 5.82 Å². The van der Waals surface area contributed by atoms with Crippen LogP contribution >= 0.6 is 0 Å². The lowest BCUT2D eigenvalue weighted by Crippen LogP contribution is -2.51. The minimum Gasteiger partial charge on any atom is -0.329 e. The number of nitrogens with two attached hydrogens (primary N) is 1. The fourth-order valence-electron chi connectivity index (χ4n) is 3.06. The highest BCUT2D eigenvalue weighted by Gasteiger charge is 2.37. The standard InChI is InChI=1S/C14H22FN3/c1-2-18(14(11-16)5-3-4-6-14)10-12-7-13(15)9-17-8-12/h7-9H,2-6,10-11,16H2,1H3. The van der Waals surface area contributed by atoms with E-state index in [1.807, 2.05) is 0 Å². The molecule has 100 valence electrons. The van der Waals surface area contributed by atoms with E-state index in [1.54, 1.807) is 12.3 Å². The number of hydrogen-bond acceptors (Lipinski definition) is 3. The summed E-state index contributed by atoms with van der Waals surface area (Å²) in [4.78, 5) is 6.30. The Morgan fingerprint density at radius 1 is 1.39 bits per heavy atom. The molecule has 0 bridgehead atoms. The molecule has 2 rings (SSSR count). The van der Waals surface area contributed by atoms with Crippen LogP contribution in [-0.4, -0.2) is 28.5 Å². The predicted octanol–water partition coefficient (Wildman–Crippen LogP) is 2.31. The average molecular weight is 251 g/mol. The number of likely N-dealkylation sites (N-methyl/N-ethyl adjacent to an activating group) is 1. The first-order valence-electron chi connectivity index (χ1n) is 6.75. The highest BCUT2D eigenvalue weighted by Crippen LogP contribution is 2.35. The lowest BCUT2D eigenvalue weighted by Gasteiger charge is -2.40. The number of hydrogen-bond donors (Lipinski definition) is 1. The molecule has 0 aliphatic heterocycles. The fraction of sp³-hybridized carbons (Fsp3) is 0.643. The Hall–Kier alpha value is -1.00. The van der Waals surface area contributed by atoms with Crippen molar-refractivity contribution in [2.75, 3.05) is 13.1 Å². The summed E-state index contributed by atoms with van der Waals surface area (Å²) in [6.07, 6.45) is 7.78. The molecule has 1 aliphatic rings. The van der Waals surface area contributed by atoms with Crippen LogP contribution in [0, 0.1) is 5.82 Å². The summed E-state index contributed by atoms with van der Waals surface area (Å²) < 4.78 is 13.2. The molecule has 0 spiro atoms. The summed E-state index contributed by atoms with van der Waals surface area (Å²) in [6.45, 7) is 4.50. The van der Waals surface area contributed by atoms with Crippen molar-refractivity contribution in [3.8, 4) is 0 Å². The largest absolute Gasteiger partial charge is 0.329 e. The van der Waals surface area contributed by atoms with Gasteiger partial charge in [0.2, 0.25) is 0 Å². The van der Waals surface area contributed by atoms with Gasteiger partial charge in [-0.1, -0.05) is 19.8 Å². The molecule has 4 heteroatoms. The van der Waals surface area contributed by atoms with Crippen LogP contribution in [0.5, 0.6) is 0 Å². The van der Waals surface area contributed by atoms with E-state index in [1.165, 1.54) is 19.0 Å². The smallest absolute Gasteiger partial charge is 0.141 e. The van der Waals surface area contributed by atoms with Gasteiger partial charge in [0.25, 0.3) is 0 Å². The van der Waals surface area contributed by atoms with Gasteiger partial charge in [0.05, 0.1) is 6.20 Å². The zero-order valence-corrected chi connectivity index (χ0v) is 11.0. The van der Waals surface area contributed by atoms with Crippen molar-refractivity contribution in [3.63, 3.8) is 0 Å². The van der Waals surface area contributed by atoms with Gasteiger partial charge in [-0.25, -0.2) is 4.39 Å². The number of aromatic nitrogens is 1. The van der Waals surface area contributed by atoms with Crippen LogP contribution < -0.4 is 5.73 Å².